The Kier molecular flexibility index (Phi) is 4.83. The summed E-state index contributed by atoms with van der Waals surface area (Å²) < 4.78 is 13.4. The molecular weight excluding hydrogens is 237 g/mol. The summed E-state index contributed by atoms with van der Waals surface area (Å²) in [4.78, 5) is 22.8. The largest absolute Gasteiger partial charge is 0.465 e. The molecule has 1 aromatic carbocycles. The van der Waals surface area contributed by atoms with E-state index in [1.165, 1.54) is 25.1 Å². The van der Waals surface area contributed by atoms with Crippen molar-refractivity contribution in [3.05, 3.63) is 35.1 Å². The van der Waals surface area contributed by atoms with Gasteiger partial charge >= 0.3 is 6.09 Å². The van der Waals surface area contributed by atoms with Crippen LogP contribution in [-0.2, 0) is 0 Å². The highest BCUT2D eigenvalue weighted by Gasteiger charge is 2.23. The Morgan fingerprint density at radius 2 is 2.11 bits per heavy atom. The van der Waals surface area contributed by atoms with E-state index >= 15 is 0 Å². The zero-order valence-corrected chi connectivity index (χ0v) is 10.4. The maximum Gasteiger partial charge on any atom is 0.405 e. The zero-order chi connectivity index (χ0) is 13.7. The molecule has 1 unspecified atom stereocenters. The highest BCUT2D eigenvalue weighted by atomic mass is 19.1. The summed E-state index contributed by atoms with van der Waals surface area (Å²) in [5.74, 6) is -0.859. The molecule has 18 heavy (non-hydrogen) atoms. The molecule has 1 atom stereocenters. The average Bonchev–Trinajstić information content (AvgIpc) is 2.31. The predicted molar refractivity (Wildman–Crippen MR) is 65.3 cm³/mol. The normalized spacial score (nSPS) is 11.9. The Balaban J connectivity index is 3.01. The SMILES string of the molecule is CCCC(NC(=O)O)C(=O)c1cccc(F)c1C. The van der Waals surface area contributed by atoms with Gasteiger partial charge in [0.1, 0.15) is 5.82 Å². The van der Waals surface area contributed by atoms with Gasteiger partial charge in [-0.1, -0.05) is 25.5 Å². The van der Waals surface area contributed by atoms with Crippen molar-refractivity contribution in [2.45, 2.75) is 32.7 Å². The van der Waals surface area contributed by atoms with Crippen LogP contribution in [0.4, 0.5) is 9.18 Å². The van der Waals surface area contributed by atoms with Crippen LogP contribution >= 0.6 is 0 Å². The van der Waals surface area contributed by atoms with E-state index in [0.29, 0.717) is 12.8 Å². The molecule has 1 amide bonds. The fourth-order valence-corrected chi connectivity index (χ4v) is 1.77. The maximum atomic E-state index is 13.4. The molecule has 0 saturated heterocycles. The summed E-state index contributed by atoms with van der Waals surface area (Å²) in [5.41, 5.74) is 0.470. The number of hydrogen-bond acceptors (Lipinski definition) is 2. The molecule has 2 N–H and O–H groups in total. The van der Waals surface area contributed by atoms with Gasteiger partial charge in [-0.05, 0) is 25.0 Å². The van der Waals surface area contributed by atoms with Crippen molar-refractivity contribution >= 4 is 11.9 Å². The van der Waals surface area contributed by atoms with E-state index in [1.807, 2.05) is 6.92 Å². The average molecular weight is 253 g/mol. The van der Waals surface area contributed by atoms with Gasteiger partial charge in [-0.25, -0.2) is 9.18 Å². The summed E-state index contributed by atoms with van der Waals surface area (Å²) >= 11 is 0. The van der Waals surface area contributed by atoms with Crippen LogP contribution in [0.5, 0.6) is 0 Å². The molecule has 4 nitrogen and oxygen atoms in total. The Morgan fingerprint density at radius 3 is 2.67 bits per heavy atom. The first-order valence-electron chi connectivity index (χ1n) is 5.76. The molecule has 1 aromatic rings. The van der Waals surface area contributed by atoms with Crippen LogP contribution < -0.4 is 5.32 Å². The highest BCUT2D eigenvalue weighted by Crippen LogP contribution is 2.15. The fourth-order valence-electron chi connectivity index (χ4n) is 1.77. The van der Waals surface area contributed by atoms with E-state index in [9.17, 15) is 14.0 Å². The van der Waals surface area contributed by atoms with Crippen molar-refractivity contribution in [1.82, 2.24) is 5.32 Å². The van der Waals surface area contributed by atoms with E-state index in [2.05, 4.69) is 5.32 Å². The number of amides is 1. The number of Topliss-reactive ketones (excluding diaryl/α,β-unsaturated/α-hetero) is 1. The second-order valence-corrected chi connectivity index (χ2v) is 4.07. The Bertz CT molecular complexity index is 460. The van der Waals surface area contributed by atoms with Gasteiger partial charge in [0.15, 0.2) is 5.78 Å². The number of nitrogens with one attached hydrogen (secondary N) is 1. The lowest BCUT2D eigenvalue weighted by atomic mass is 9.97. The molecule has 0 aliphatic heterocycles. The van der Waals surface area contributed by atoms with Gasteiger partial charge in [0.2, 0.25) is 0 Å². The molecule has 98 valence electrons. The van der Waals surface area contributed by atoms with Crippen molar-refractivity contribution in [3.8, 4) is 0 Å². The maximum absolute atomic E-state index is 13.4. The third-order valence-electron chi connectivity index (χ3n) is 2.72. The first-order chi connectivity index (χ1) is 8.47. The van der Waals surface area contributed by atoms with E-state index in [4.69, 9.17) is 5.11 Å². The molecule has 0 aromatic heterocycles. The third kappa shape index (κ3) is 3.29. The van der Waals surface area contributed by atoms with Gasteiger partial charge in [-0.15, -0.1) is 0 Å². The van der Waals surface area contributed by atoms with E-state index in [1.54, 1.807) is 0 Å². The third-order valence-corrected chi connectivity index (χ3v) is 2.72. The van der Waals surface area contributed by atoms with Gasteiger partial charge in [0.05, 0.1) is 6.04 Å². The molecule has 1 rings (SSSR count). The Morgan fingerprint density at radius 1 is 1.44 bits per heavy atom. The van der Waals surface area contributed by atoms with E-state index in [0.717, 1.165) is 0 Å². The van der Waals surface area contributed by atoms with E-state index < -0.39 is 23.7 Å². The van der Waals surface area contributed by atoms with Crippen LogP contribution in [0.25, 0.3) is 0 Å². The van der Waals surface area contributed by atoms with Crippen LogP contribution in [0.3, 0.4) is 0 Å². The molecule has 0 bridgehead atoms. The van der Waals surface area contributed by atoms with Crippen LogP contribution in [0, 0.1) is 12.7 Å². The fraction of sp³-hybridized carbons (Fsp3) is 0.385. The zero-order valence-electron chi connectivity index (χ0n) is 10.4. The molecule has 0 saturated carbocycles. The lowest BCUT2D eigenvalue weighted by Crippen LogP contribution is -2.40. The molecule has 0 spiro atoms. The minimum atomic E-state index is -1.25. The van der Waals surface area contributed by atoms with Crippen molar-refractivity contribution in [1.29, 1.82) is 0 Å². The van der Waals surface area contributed by atoms with Crippen molar-refractivity contribution in [2.24, 2.45) is 0 Å². The molecule has 0 radical (unpaired) electrons. The number of ketones is 1. The number of carbonyl (C=O) groups is 2. The molecular formula is C13H16FNO3. The summed E-state index contributed by atoms with van der Waals surface area (Å²) in [6, 6.07) is 3.39. The van der Waals surface area contributed by atoms with Crippen LogP contribution in [0.2, 0.25) is 0 Å². The second-order valence-electron chi connectivity index (χ2n) is 4.07. The number of halogens is 1. The number of carbonyl (C=O) groups excluding carboxylic acids is 1. The first-order valence-corrected chi connectivity index (χ1v) is 5.76. The monoisotopic (exact) mass is 253 g/mol. The summed E-state index contributed by atoms with van der Waals surface area (Å²) in [5, 5.41) is 10.9. The highest BCUT2D eigenvalue weighted by molar-refractivity contribution is 6.02. The number of carboxylic acid groups (broad SMARTS) is 1. The van der Waals surface area contributed by atoms with Crippen LogP contribution in [-0.4, -0.2) is 23.0 Å². The number of benzene rings is 1. The van der Waals surface area contributed by atoms with Crippen molar-refractivity contribution in [3.63, 3.8) is 0 Å². The summed E-state index contributed by atoms with van der Waals surface area (Å²) in [7, 11) is 0. The topological polar surface area (TPSA) is 66.4 Å². The van der Waals surface area contributed by atoms with Crippen molar-refractivity contribution in [2.75, 3.05) is 0 Å². The van der Waals surface area contributed by atoms with Gasteiger partial charge in [-0.2, -0.15) is 0 Å². The summed E-state index contributed by atoms with van der Waals surface area (Å²) in [6.07, 6.45) is -0.206. The first kappa shape index (κ1) is 14.2. The number of rotatable bonds is 5. The van der Waals surface area contributed by atoms with Gasteiger partial charge in [0.25, 0.3) is 0 Å². The molecule has 0 aliphatic carbocycles. The van der Waals surface area contributed by atoms with Gasteiger partial charge < -0.3 is 10.4 Å². The lowest BCUT2D eigenvalue weighted by Gasteiger charge is -2.16. The number of hydrogen-bond donors (Lipinski definition) is 2. The quantitative estimate of drug-likeness (QED) is 0.793. The standard InChI is InChI=1S/C13H16FNO3/c1-3-5-11(15-13(17)18)12(16)9-6-4-7-10(14)8(9)2/h4,6-7,11,15H,3,5H2,1-2H3,(H,17,18). The minimum Gasteiger partial charge on any atom is -0.465 e. The second kappa shape index (κ2) is 6.14. The predicted octanol–water partition coefficient (Wildman–Crippen LogP) is 2.75. The lowest BCUT2D eigenvalue weighted by molar-refractivity contribution is 0.0930. The van der Waals surface area contributed by atoms with Gasteiger partial charge in [-0.3, -0.25) is 4.79 Å². The summed E-state index contributed by atoms with van der Waals surface area (Å²) in [6.45, 7) is 3.36. The minimum absolute atomic E-state index is 0.224. The van der Waals surface area contributed by atoms with E-state index in [-0.39, 0.29) is 11.1 Å². The smallest absolute Gasteiger partial charge is 0.405 e. The molecule has 5 heteroatoms. The van der Waals surface area contributed by atoms with Gasteiger partial charge in [0, 0.05) is 5.56 Å². The molecule has 0 aliphatic rings. The molecule has 0 fully saturated rings. The van der Waals surface area contributed by atoms with Crippen molar-refractivity contribution < 1.29 is 19.1 Å². The molecule has 0 heterocycles. The Labute approximate surface area is 105 Å². The van der Waals surface area contributed by atoms with Crippen LogP contribution in [0.15, 0.2) is 18.2 Å². The van der Waals surface area contributed by atoms with Crippen LogP contribution in [0.1, 0.15) is 35.7 Å². The Hall–Kier alpha value is -1.91.